The molecule has 4 rings (SSSR count). The molecule has 1 fully saturated rings. The number of piperazine rings is 1. The number of hydrogen-bond acceptors (Lipinski definition) is 3. The Labute approximate surface area is 227 Å². The number of fused-ring (bicyclic) bond motifs is 1. The molecule has 3 aromatic rings. The molecule has 1 aliphatic heterocycles. The van der Waals surface area contributed by atoms with E-state index >= 15 is 0 Å². The van der Waals surface area contributed by atoms with Gasteiger partial charge in [-0.15, -0.1) is 0 Å². The van der Waals surface area contributed by atoms with Gasteiger partial charge >= 0.3 is 29.6 Å². The van der Waals surface area contributed by atoms with Gasteiger partial charge in [0.15, 0.2) is 0 Å². The molecule has 1 aliphatic rings. The fraction of sp³-hybridized carbons (Fsp3) is 0.370. The van der Waals surface area contributed by atoms with Crippen molar-refractivity contribution in [2.24, 2.45) is 0 Å². The third kappa shape index (κ3) is 9.30. The Morgan fingerprint density at radius 3 is 2.30 bits per heavy atom. The molecule has 0 radical (unpaired) electrons. The van der Waals surface area contributed by atoms with Crippen molar-refractivity contribution in [3.8, 4) is 11.3 Å². The molecule has 33 heavy (non-hydrogen) atoms. The van der Waals surface area contributed by atoms with Crippen LogP contribution in [0.15, 0.2) is 61.6 Å². The van der Waals surface area contributed by atoms with Crippen LogP contribution in [0.3, 0.4) is 0 Å². The van der Waals surface area contributed by atoms with Gasteiger partial charge < -0.3 is 14.8 Å². The Bertz CT molecular complexity index is 991. The van der Waals surface area contributed by atoms with E-state index in [4.69, 9.17) is 11.6 Å². The van der Waals surface area contributed by atoms with Crippen molar-refractivity contribution >= 4 is 28.6 Å². The second kappa shape index (κ2) is 15.4. The molecule has 0 aliphatic carbocycles. The van der Waals surface area contributed by atoms with Crippen LogP contribution in [0.2, 0.25) is 5.02 Å². The van der Waals surface area contributed by atoms with Crippen molar-refractivity contribution in [1.29, 1.82) is 0 Å². The van der Waals surface area contributed by atoms with Crippen LogP contribution in [0.5, 0.6) is 0 Å². The van der Waals surface area contributed by atoms with Gasteiger partial charge in [0.1, 0.15) is 0 Å². The minimum absolute atomic E-state index is 0. The summed E-state index contributed by atoms with van der Waals surface area (Å²) in [6, 6.07) is 9.71. The average Bonchev–Trinajstić information content (AvgIpc) is 3.34. The quantitative estimate of drug-likeness (QED) is 0.539. The normalized spacial score (nSPS) is 13.2. The predicted molar refractivity (Wildman–Crippen MR) is 140 cm³/mol. The van der Waals surface area contributed by atoms with Gasteiger partial charge in [-0.05, 0) is 37.2 Å². The topological polar surface area (TPSA) is 33.5 Å². The van der Waals surface area contributed by atoms with Crippen LogP contribution in [0.1, 0.15) is 39.2 Å². The first kappa shape index (κ1) is 29.5. The van der Waals surface area contributed by atoms with E-state index in [1.165, 1.54) is 31.6 Å². The second-order valence-electron chi connectivity index (χ2n) is 8.04. The molecule has 0 spiro atoms. The SMILES string of the molecule is C=C(C)N1CCN(C)CC1.C=Cc1ccc2c(Cl)cc(-c3cc[n-]c3)nc2c1.CCCC.[Na+]. The Morgan fingerprint density at radius 2 is 1.79 bits per heavy atom. The Kier molecular flexibility index (Phi) is 13.7. The molecule has 2 aromatic heterocycles. The van der Waals surface area contributed by atoms with Crippen LogP contribution in [0.25, 0.3) is 28.2 Å². The number of aromatic nitrogens is 2. The molecule has 4 nitrogen and oxygen atoms in total. The van der Waals surface area contributed by atoms with E-state index in [0.29, 0.717) is 5.02 Å². The maximum absolute atomic E-state index is 6.29. The van der Waals surface area contributed by atoms with Crippen LogP contribution >= 0.6 is 11.6 Å². The minimum atomic E-state index is 0. The zero-order valence-corrected chi connectivity index (χ0v) is 23.7. The van der Waals surface area contributed by atoms with Gasteiger partial charge in [-0.2, -0.15) is 12.4 Å². The molecule has 1 aromatic carbocycles. The van der Waals surface area contributed by atoms with Crippen molar-refractivity contribution in [1.82, 2.24) is 19.8 Å². The summed E-state index contributed by atoms with van der Waals surface area (Å²) in [6.45, 7) is 18.7. The number of allylic oxidation sites excluding steroid dienone is 1. The first-order valence-electron chi connectivity index (χ1n) is 11.3. The van der Waals surface area contributed by atoms with Crippen molar-refractivity contribution in [2.75, 3.05) is 33.2 Å². The molecule has 0 atom stereocenters. The number of halogens is 1. The molecule has 0 N–H and O–H groups in total. The molecule has 3 heterocycles. The maximum Gasteiger partial charge on any atom is 1.00 e. The summed E-state index contributed by atoms with van der Waals surface area (Å²) in [5.74, 6) is 0. The number of benzene rings is 1. The number of unbranched alkanes of at least 4 members (excludes halogenated alkanes) is 1. The molecule has 0 saturated carbocycles. The largest absolute Gasteiger partial charge is 1.00 e. The van der Waals surface area contributed by atoms with Gasteiger partial charge in [0.2, 0.25) is 0 Å². The van der Waals surface area contributed by atoms with E-state index in [9.17, 15) is 0 Å². The summed E-state index contributed by atoms with van der Waals surface area (Å²) >= 11 is 6.29. The van der Waals surface area contributed by atoms with E-state index in [0.717, 1.165) is 40.8 Å². The molecule has 0 unspecified atom stereocenters. The summed E-state index contributed by atoms with van der Waals surface area (Å²) < 4.78 is 0. The summed E-state index contributed by atoms with van der Waals surface area (Å²) in [4.78, 5) is 13.3. The third-order valence-corrected chi connectivity index (χ3v) is 5.72. The summed E-state index contributed by atoms with van der Waals surface area (Å²) in [7, 11) is 2.16. The molecule has 6 heteroatoms. The van der Waals surface area contributed by atoms with Crippen molar-refractivity contribution < 1.29 is 29.6 Å². The number of hydrogen-bond donors (Lipinski definition) is 0. The fourth-order valence-electron chi connectivity index (χ4n) is 3.11. The number of likely N-dealkylation sites (N-methyl/N-ethyl adjacent to an activating group) is 1. The van der Waals surface area contributed by atoms with E-state index in [1.54, 1.807) is 18.5 Å². The fourth-order valence-corrected chi connectivity index (χ4v) is 3.37. The molecule has 172 valence electrons. The standard InChI is InChI=1S/C15H10ClN2.C8H16N2.C4H10.Na/c1-2-10-3-4-12-13(16)8-14(18-15(12)7-10)11-5-6-17-9-11;1-8(2)10-6-4-9(3)5-7-10;1-3-4-2;/h2-9H,1H2;1,4-7H2,2-3H3;3-4H2,1-2H3;/q-1;;;+1. The maximum atomic E-state index is 6.29. The van der Waals surface area contributed by atoms with Crippen molar-refractivity contribution in [3.63, 3.8) is 0 Å². The number of pyridine rings is 1. The van der Waals surface area contributed by atoms with Crippen molar-refractivity contribution in [2.45, 2.75) is 33.6 Å². The second-order valence-corrected chi connectivity index (χ2v) is 8.45. The van der Waals surface area contributed by atoms with Gasteiger partial charge in [-0.1, -0.05) is 75.7 Å². The van der Waals surface area contributed by atoms with Gasteiger partial charge in [-0.25, -0.2) is 4.98 Å². The third-order valence-electron chi connectivity index (χ3n) is 5.41. The van der Waals surface area contributed by atoms with E-state index in [1.807, 2.05) is 30.3 Å². The minimum Gasteiger partial charge on any atom is -0.670 e. The first-order chi connectivity index (χ1) is 15.4. The smallest absolute Gasteiger partial charge is 0.670 e. The summed E-state index contributed by atoms with van der Waals surface area (Å²) in [5, 5.41) is 1.65. The van der Waals surface area contributed by atoms with Crippen LogP contribution < -0.4 is 34.5 Å². The van der Waals surface area contributed by atoms with E-state index < -0.39 is 0 Å². The number of nitrogens with zero attached hydrogens (tertiary/aromatic N) is 4. The van der Waals surface area contributed by atoms with E-state index in [2.05, 4.69) is 60.7 Å². The Balaban J connectivity index is 0.000000309. The predicted octanol–water partition coefficient (Wildman–Crippen LogP) is 3.73. The summed E-state index contributed by atoms with van der Waals surface area (Å²) in [6.07, 6.45) is 7.96. The van der Waals surface area contributed by atoms with Crippen molar-refractivity contribution in [3.05, 3.63) is 72.2 Å². The molecule has 0 bridgehead atoms. The van der Waals surface area contributed by atoms with Crippen LogP contribution in [-0.4, -0.2) is 48.0 Å². The monoisotopic (exact) mass is 474 g/mol. The summed E-state index contributed by atoms with van der Waals surface area (Å²) in [5.41, 5.74) is 4.92. The Morgan fingerprint density at radius 1 is 1.12 bits per heavy atom. The van der Waals surface area contributed by atoms with Gasteiger partial charge in [0, 0.05) is 37.3 Å². The zero-order valence-electron chi connectivity index (χ0n) is 20.9. The number of rotatable bonds is 4. The Hall–Kier alpha value is -1.56. The first-order valence-corrected chi connectivity index (χ1v) is 11.7. The van der Waals surface area contributed by atoms with E-state index in [-0.39, 0.29) is 29.6 Å². The van der Waals surface area contributed by atoms with Gasteiger partial charge in [-0.3, -0.25) is 0 Å². The van der Waals surface area contributed by atoms with Gasteiger partial charge in [0.05, 0.1) is 16.2 Å². The molecular weight excluding hydrogens is 439 g/mol. The molecule has 1 saturated heterocycles. The van der Waals surface area contributed by atoms with Crippen LogP contribution in [-0.2, 0) is 0 Å². The van der Waals surface area contributed by atoms with Crippen LogP contribution in [0.4, 0.5) is 0 Å². The average molecular weight is 475 g/mol. The molecule has 0 amide bonds. The van der Waals surface area contributed by atoms with Crippen LogP contribution in [0, 0.1) is 0 Å². The van der Waals surface area contributed by atoms with Gasteiger partial charge in [0.25, 0.3) is 0 Å². The zero-order chi connectivity index (χ0) is 23.5. The molecular formula is C27H36ClN4Na.